The van der Waals surface area contributed by atoms with Crippen molar-refractivity contribution in [1.29, 1.82) is 10.5 Å². The summed E-state index contributed by atoms with van der Waals surface area (Å²) in [5.74, 6) is -0.709. The van der Waals surface area contributed by atoms with Crippen LogP contribution in [0, 0.1) is 22.7 Å². The van der Waals surface area contributed by atoms with E-state index in [1.165, 1.54) is 0 Å². The van der Waals surface area contributed by atoms with E-state index in [9.17, 15) is 9.59 Å². The number of benzene rings is 2. The molecule has 0 N–H and O–H groups in total. The highest BCUT2D eigenvalue weighted by atomic mass is 16.5. The molecule has 26 heavy (non-hydrogen) atoms. The molecule has 0 aromatic heterocycles. The van der Waals surface area contributed by atoms with Crippen molar-refractivity contribution in [2.24, 2.45) is 0 Å². The predicted molar refractivity (Wildman–Crippen MR) is 94.2 cm³/mol. The van der Waals surface area contributed by atoms with E-state index >= 15 is 0 Å². The number of carbonyl (C=O) groups is 2. The van der Waals surface area contributed by atoms with Crippen molar-refractivity contribution in [2.45, 2.75) is 13.8 Å². The van der Waals surface area contributed by atoms with Gasteiger partial charge in [-0.15, -0.1) is 0 Å². The number of nitrogens with zero attached hydrogens (tertiary/aromatic N) is 2. The van der Waals surface area contributed by atoms with Gasteiger partial charge in [-0.1, -0.05) is 0 Å². The van der Waals surface area contributed by atoms with Gasteiger partial charge in [0, 0.05) is 0 Å². The molecule has 0 atom stereocenters. The van der Waals surface area contributed by atoms with Gasteiger partial charge in [-0.25, -0.2) is 9.59 Å². The summed E-state index contributed by atoms with van der Waals surface area (Å²) < 4.78 is 9.56. The summed E-state index contributed by atoms with van der Waals surface area (Å²) in [6.45, 7) is 4.22. The van der Waals surface area contributed by atoms with Crippen LogP contribution in [-0.4, -0.2) is 25.2 Å². The Morgan fingerprint density at radius 2 is 1.04 bits per heavy atom. The highest BCUT2D eigenvalue weighted by molar-refractivity contribution is 5.89. The summed E-state index contributed by atoms with van der Waals surface area (Å²) in [6.07, 6.45) is 0. The molecular formula is C20H18N2O4. The van der Waals surface area contributed by atoms with Crippen LogP contribution in [0.15, 0.2) is 48.5 Å². The molecular weight excluding hydrogens is 332 g/mol. The molecule has 6 nitrogen and oxygen atoms in total. The molecule has 0 aliphatic rings. The van der Waals surface area contributed by atoms with E-state index in [1.807, 2.05) is 12.1 Å². The van der Waals surface area contributed by atoms with Crippen LogP contribution in [0.2, 0.25) is 0 Å². The van der Waals surface area contributed by atoms with E-state index in [0.29, 0.717) is 35.5 Å². The lowest BCUT2D eigenvalue weighted by molar-refractivity contribution is 0.0516. The third-order valence-corrected chi connectivity index (χ3v) is 3.05. The minimum Gasteiger partial charge on any atom is -0.462 e. The zero-order chi connectivity index (χ0) is 19.4. The van der Waals surface area contributed by atoms with Crippen molar-refractivity contribution in [3.05, 3.63) is 70.8 Å². The molecule has 2 aromatic rings. The van der Waals surface area contributed by atoms with Gasteiger partial charge in [-0.05, 0) is 62.4 Å². The normalized spacial score (nSPS) is 8.92. The summed E-state index contributed by atoms with van der Waals surface area (Å²) in [5, 5.41) is 17.0. The fourth-order valence-electron chi connectivity index (χ4n) is 1.79. The number of hydrogen-bond donors (Lipinski definition) is 0. The third kappa shape index (κ3) is 6.46. The van der Waals surface area contributed by atoms with Crippen LogP contribution in [0.1, 0.15) is 45.7 Å². The highest BCUT2D eigenvalue weighted by Gasteiger charge is 2.05. The Bertz CT molecular complexity index is 741. The second kappa shape index (κ2) is 11.0. The number of hydrogen-bond acceptors (Lipinski definition) is 6. The Balaban J connectivity index is 0.000000260. The van der Waals surface area contributed by atoms with Gasteiger partial charge in [0.1, 0.15) is 0 Å². The first-order chi connectivity index (χ1) is 12.5. The van der Waals surface area contributed by atoms with Gasteiger partial charge in [-0.3, -0.25) is 0 Å². The first kappa shape index (κ1) is 20.4. The van der Waals surface area contributed by atoms with Crippen molar-refractivity contribution in [2.75, 3.05) is 13.2 Å². The van der Waals surface area contributed by atoms with E-state index < -0.39 is 0 Å². The molecule has 0 saturated heterocycles. The topological polar surface area (TPSA) is 100 Å². The fraction of sp³-hybridized carbons (Fsp3) is 0.200. The zero-order valence-electron chi connectivity index (χ0n) is 14.6. The van der Waals surface area contributed by atoms with Crippen molar-refractivity contribution in [3.63, 3.8) is 0 Å². The number of ether oxygens (including phenoxy) is 2. The molecule has 0 amide bonds. The molecule has 0 heterocycles. The first-order valence-corrected chi connectivity index (χ1v) is 7.90. The molecule has 2 rings (SSSR count). The molecule has 132 valence electrons. The van der Waals surface area contributed by atoms with Gasteiger partial charge in [0.15, 0.2) is 0 Å². The van der Waals surface area contributed by atoms with Crippen LogP contribution in [0.25, 0.3) is 0 Å². The van der Waals surface area contributed by atoms with E-state index in [2.05, 4.69) is 0 Å². The van der Waals surface area contributed by atoms with Crippen LogP contribution in [0.5, 0.6) is 0 Å². The summed E-state index contributed by atoms with van der Waals surface area (Å²) in [7, 11) is 0. The van der Waals surface area contributed by atoms with Crippen molar-refractivity contribution >= 4 is 11.9 Å². The van der Waals surface area contributed by atoms with Crippen LogP contribution < -0.4 is 0 Å². The Morgan fingerprint density at radius 3 is 1.27 bits per heavy atom. The Labute approximate surface area is 152 Å². The maximum atomic E-state index is 11.1. The van der Waals surface area contributed by atoms with E-state index in [0.717, 1.165) is 0 Å². The Hall–Kier alpha value is -3.64. The Kier molecular flexibility index (Phi) is 8.64. The second-order valence-corrected chi connectivity index (χ2v) is 4.82. The number of nitriles is 2. The molecule has 0 aliphatic heterocycles. The molecule has 6 heteroatoms. The average molecular weight is 350 g/mol. The van der Waals surface area contributed by atoms with Gasteiger partial charge in [0.05, 0.1) is 47.6 Å². The van der Waals surface area contributed by atoms with E-state index in [1.54, 1.807) is 62.4 Å². The standard InChI is InChI=1S/2C10H9NO2/c2*1-2-13-10(12)9-5-3-8(7-11)4-6-9/h2*3-6H,2H2,1H3. The van der Waals surface area contributed by atoms with Gasteiger partial charge < -0.3 is 9.47 Å². The second-order valence-electron chi connectivity index (χ2n) is 4.82. The molecule has 0 saturated carbocycles. The first-order valence-electron chi connectivity index (χ1n) is 7.90. The maximum Gasteiger partial charge on any atom is 0.338 e. The lowest BCUT2D eigenvalue weighted by Crippen LogP contribution is -2.03. The van der Waals surface area contributed by atoms with Crippen LogP contribution in [0.3, 0.4) is 0 Å². The monoisotopic (exact) mass is 350 g/mol. The number of rotatable bonds is 4. The largest absolute Gasteiger partial charge is 0.462 e. The quantitative estimate of drug-likeness (QED) is 0.783. The summed E-state index contributed by atoms with van der Waals surface area (Å²) >= 11 is 0. The van der Waals surface area contributed by atoms with Gasteiger partial charge >= 0.3 is 11.9 Å². The van der Waals surface area contributed by atoms with Crippen molar-refractivity contribution in [3.8, 4) is 12.1 Å². The summed E-state index contributed by atoms with van der Waals surface area (Å²) in [5.41, 5.74) is 2.02. The maximum absolute atomic E-state index is 11.1. The van der Waals surface area contributed by atoms with Crippen LogP contribution in [-0.2, 0) is 9.47 Å². The third-order valence-electron chi connectivity index (χ3n) is 3.05. The van der Waals surface area contributed by atoms with Crippen molar-refractivity contribution < 1.29 is 19.1 Å². The minimum absolute atomic E-state index is 0.355. The molecule has 0 aliphatic carbocycles. The van der Waals surface area contributed by atoms with E-state index in [4.69, 9.17) is 20.0 Å². The molecule has 0 unspecified atom stereocenters. The average Bonchev–Trinajstić information content (AvgIpc) is 2.69. The fourth-order valence-corrected chi connectivity index (χ4v) is 1.79. The SMILES string of the molecule is CCOC(=O)c1ccc(C#N)cc1.CCOC(=O)c1ccc(C#N)cc1. The van der Waals surface area contributed by atoms with Gasteiger partial charge in [0.2, 0.25) is 0 Å². The lowest BCUT2D eigenvalue weighted by Gasteiger charge is -2.00. The molecule has 0 bridgehead atoms. The predicted octanol–water partition coefficient (Wildman–Crippen LogP) is 3.47. The minimum atomic E-state index is -0.355. The van der Waals surface area contributed by atoms with Crippen LogP contribution >= 0.6 is 0 Å². The molecule has 0 fully saturated rings. The Morgan fingerprint density at radius 1 is 0.731 bits per heavy atom. The number of esters is 2. The summed E-state index contributed by atoms with van der Waals surface area (Å²) in [4.78, 5) is 22.3. The van der Waals surface area contributed by atoms with E-state index in [-0.39, 0.29) is 11.9 Å². The van der Waals surface area contributed by atoms with Crippen molar-refractivity contribution in [1.82, 2.24) is 0 Å². The number of carbonyl (C=O) groups excluding carboxylic acids is 2. The molecule has 2 aromatic carbocycles. The van der Waals surface area contributed by atoms with Gasteiger partial charge in [0.25, 0.3) is 0 Å². The zero-order valence-corrected chi connectivity index (χ0v) is 14.6. The smallest absolute Gasteiger partial charge is 0.338 e. The highest BCUT2D eigenvalue weighted by Crippen LogP contribution is 2.05. The lowest BCUT2D eigenvalue weighted by atomic mass is 10.1. The molecule has 0 radical (unpaired) electrons. The summed E-state index contributed by atoms with van der Waals surface area (Å²) in [6, 6.07) is 16.6. The van der Waals surface area contributed by atoms with Gasteiger partial charge in [-0.2, -0.15) is 10.5 Å². The van der Waals surface area contributed by atoms with Crippen LogP contribution in [0.4, 0.5) is 0 Å². The molecule has 0 spiro atoms.